The largest absolute Gasteiger partial charge is 0.416 e. The van der Waals surface area contributed by atoms with Crippen molar-refractivity contribution in [3.05, 3.63) is 71.5 Å². The summed E-state index contributed by atoms with van der Waals surface area (Å²) >= 11 is 1.18. The Hall–Kier alpha value is -2.65. The summed E-state index contributed by atoms with van der Waals surface area (Å²) in [6.07, 6.45) is -2.17. The summed E-state index contributed by atoms with van der Waals surface area (Å²) < 4.78 is 40.8. The number of rotatable bonds is 7. The van der Waals surface area contributed by atoms with E-state index in [1.807, 2.05) is 34.9 Å². The van der Waals surface area contributed by atoms with Gasteiger partial charge in [-0.25, -0.2) is 0 Å². The number of aromatic nitrogens is 3. The molecule has 0 saturated carbocycles. The van der Waals surface area contributed by atoms with E-state index < -0.39 is 11.7 Å². The number of likely N-dealkylation sites (tertiary alicyclic amines) is 1. The average molecular weight is 446 g/mol. The van der Waals surface area contributed by atoms with Crippen molar-refractivity contribution in [1.82, 2.24) is 19.7 Å². The Kier molecular flexibility index (Phi) is 6.43. The third-order valence-electron chi connectivity index (χ3n) is 5.12. The molecule has 1 aliphatic rings. The van der Waals surface area contributed by atoms with Crippen molar-refractivity contribution in [2.45, 2.75) is 30.7 Å². The lowest BCUT2D eigenvalue weighted by Crippen LogP contribution is -2.21. The number of carbonyl (C=O) groups excluding carboxylic acids is 1. The van der Waals surface area contributed by atoms with Crippen LogP contribution >= 0.6 is 11.8 Å². The van der Waals surface area contributed by atoms with Crippen LogP contribution in [0.15, 0.2) is 59.8 Å². The molecule has 0 spiro atoms. The van der Waals surface area contributed by atoms with Crippen molar-refractivity contribution < 1.29 is 18.0 Å². The Morgan fingerprint density at radius 1 is 1.00 bits per heavy atom. The zero-order chi connectivity index (χ0) is 21.8. The third kappa shape index (κ3) is 5.16. The number of nitrogens with zero attached hydrogens (tertiary/aromatic N) is 4. The normalized spacial score (nSPS) is 14.8. The number of ketones is 1. The predicted octanol–water partition coefficient (Wildman–Crippen LogP) is 4.86. The Labute approximate surface area is 182 Å². The zero-order valence-electron chi connectivity index (χ0n) is 16.7. The number of Topliss-reactive ketones (excluding diaryl/α,β-unsaturated/α-hetero) is 1. The Bertz CT molecular complexity index is 1050. The second-order valence-electron chi connectivity index (χ2n) is 7.34. The van der Waals surface area contributed by atoms with Gasteiger partial charge >= 0.3 is 6.18 Å². The summed E-state index contributed by atoms with van der Waals surface area (Å²) in [7, 11) is 0. The summed E-state index contributed by atoms with van der Waals surface area (Å²) in [5, 5.41) is 9.16. The molecule has 0 radical (unpaired) electrons. The molecule has 2 heterocycles. The molecule has 5 nitrogen and oxygen atoms in total. The fourth-order valence-electron chi connectivity index (χ4n) is 3.56. The van der Waals surface area contributed by atoms with E-state index in [9.17, 15) is 18.0 Å². The van der Waals surface area contributed by atoms with E-state index in [4.69, 9.17) is 0 Å². The Balaban J connectivity index is 1.54. The molecule has 162 valence electrons. The Morgan fingerprint density at radius 2 is 1.74 bits per heavy atom. The molecule has 3 aromatic rings. The van der Waals surface area contributed by atoms with Crippen molar-refractivity contribution in [1.29, 1.82) is 0 Å². The molecule has 0 unspecified atom stereocenters. The molecule has 0 aliphatic carbocycles. The van der Waals surface area contributed by atoms with Crippen LogP contribution in [0.4, 0.5) is 13.2 Å². The first kappa shape index (κ1) is 21.6. The maximum atomic E-state index is 13.0. The zero-order valence-corrected chi connectivity index (χ0v) is 17.5. The molecule has 0 atom stereocenters. The van der Waals surface area contributed by atoms with E-state index in [1.165, 1.54) is 23.9 Å². The first-order valence-electron chi connectivity index (χ1n) is 9.97. The minimum atomic E-state index is -4.48. The van der Waals surface area contributed by atoms with Gasteiger partial charge in [0.2, 0.25) is 0 Å². The summed E-state index contributed by atoms with van der Waals surface area (Å²) in [6, 6.07) is 14.1. The standard InChI is InChI=1S/C22H21F3N4OS/c23-22(24,25)17-8-6-7-16(13-17)19(30)15-31-21-27-26-20(14-28-11-4-5-12-28)29(21)18-9-2-1-3-10-18/h1-3,6-10,13H,4-5,11-12,14-15H2. The van der Waals surface area contributed by atoms with Gasteiger partial charge in [-0.15, -0.1) is 10.2 Å². The van der Waals surface area contributed by atoms with Crippen LogP contribution in [-0.4, -0.2) is 44.3 Å². The van der Waals surface area contributed by atoms with E-state index in [2.05, 4.69) is 15.1 Å². The number of hydrogen-bond acceptors (Lipinski definition) is 5. The lowest BCUT2D eigenvalue weighted by molar-refractivity contribution is -0.137. The fraction of sp³-hybridized carbons (Fsp3) is 0.318. The minimum absolute atomic E-state index is 0.0318. The van der Waals surface area contributed by atoms with Crippen molar-refractivity contribution in [2.24, 2.45) is 0 Å². The molecule has 1 fully saturated rings. The summed E-state index contributed by atoms with van der Waals surface area (Å²) in [6.45, 7) is 2.68. The van der Waals surface area contributed by atoms with Crippen molar-refractivity contribution >= 4 is 17.5 Å². The van der Waals surface area contributed by atoms with Gasteiger partial charge < -0.3 is 0 Å². The Morgan fingerprint density at radius 3 is 2.45 bits per heavy atom. The maximum Gasteiger partial charge on any atom is 0.416 e. The van der Waals surface area contributed by atoms with Crippen LogP contribution in [0.2, 0.25) is 0 Å². The van der Waals surface area contributed by atoms with Crippen LogP contribution in [0, 0.1) is 0 Å². The van der Waals surface area contributed by atoms with Gasteiger partial charge in [0, 0.05) is 11.3 Å². The van der Waals surface area contributed by atoms with E-state index in [1.54, 1.807) is 0 Å². The lowest BCUT2D eigenvalue weighted by Gasteiger charge is -2.16. The van der Waals surface area contributed by atoms with Gasteiger partial charge in [-0.2, -0.15) is 13.2 Å². The van der Waals surface area contributed by atoms with E-state index in [-0.39, 0.29) is 17.1 Å². The van der Waals surface area contributed by atoms with Crippen LogP contribution in [-0.2, 0) is 12.7 Å². The van der Waals surface area contributed by atoms with Crippen molar-refractivity contribution in [3.8, 4) is 5.69 Å². The molecule has 9 heteroatoms. The van der Waals surface area contributed by atoms with Gasteiger partial charge in [0.15, 0.2) is 16.8 Å². The highest BCUT2D eigenvalue weighted by Gasteiger charge is 2.31. The smallest absolute Gasteiger partial charge is 0.296 e. The van der Waals surface area contributed by atoms with E-state index >= 15 is 0 Å². The summed E-state index contributed by atoms with van der Waals surface area (Å²) in [5.74, 6) is 0.359. The molecular weight excluding hydrogens is 425 g/mol. The van der Waals surface area contributed by atoms with Gasteiger partial charge in [0.25, 0.3) is 0 Å². The predicted molar refractivity (Wildman–Crippen MR) is 112 cm³/mol. The maximum absolute atomic E-state index is 13.0. The van der Waals surface area contributed by atoms with Crippen LogP contribution in [0.25, 0.3) is 5.69 Å². The van der Waals surface area contributed by atoms with E-state index in [0.29, 0.717) is 11.7 Å². The highest BCUT2D eigenvalue weighted by atomic mass is 32.2. The highest BCUT2D eigenvalue weighted by molar-refractivity contribution is 7.99. The number of para-hydroxylation sites is 1. The molecule has 0 bridgehead atoms. The second-order valence-corrected chi connectivity index (χ2v) is 8.29. The molecule has 0 amide bonds. The molecule has 1 aliphatic heterocycles. The van der Waals surface area contributed by atoms with Gasteiger partial charge in [-0.05, 0) is 50.2 Å². The third-order valence-corrected chi connectivity index (χ3v) is 6.05. The molecule has 2 aromatic carbocycles. The number of halogens is 3. The quantitative estimate of drug-likeness (QED) is 0.383. The number of benzene rings is 2. The number of carbonyl (C=O) groups is 1. The topological polar surface area (TPSA) is 51.0 Å². The first-order valence-corrected chi connectivity index (χ1v) is 11.0. The number of alkyl halides is 3. The highest BCUT2D eigenvalue weighted by Crippen LogP contribution is 2.30. The van der Waals surface area contributed by atoms with Crippen molar-refractivity contribution in [2.75, 3.05) is 18.8 Å². The lowest BCUT2D eigenvalue weighted by atomic mass is 10.1. The summed E-state index contributed by atoms with van der Waals surface area (Å²) in [5.41, 5.74) is 0.0878. The monoisotopic (exact) mass is 446 g/mol. The minimum Gasteiger partial charge on any atom is -0.296 e. The number of thioether (sulfide) groups is 1. The fourth-order valence-corrected chi connectivity index (χ4v) is 4.42. The SMILES string of the molecule is O=C(CSc1nnc(CN2CCCC2)n1-c1ccccc1)c1cccc(C(F)(F)F)c1. The average Bonchev–Trinajstić information content (AvgIpc) is 3.42. The molecule has 31 heavy (non-hydrogen) atoms. The molecule has 1 aromatic heterocycles. The van der Waals surface area contributed by atoms with Crippen LogP contribution in [0.5, 0.6) is 0 Å². The van der Waals surface area contributed by atoms with Gasteiger partial charge in [0.1, 0.15) is 0 Å². The number of hydrogen-bond donors (Lipinski definition) is 0. The van der Waals surface area contributed by atoms with Gasteiger partial charge in [-0.1, -0.05) is 42.1 Å². The summed E-state index contributed by atoms with van der Waals surface area (Å²) in [4.78, 5) is 14.9. The molecule has 4 rings (SSSR count). The molecule has 0 N–H and O–H groups in total. The van der Waals surface area contributed by atoms with Crippen LogP contribution in [0.1, 0.15) is 34.6 Å². The van der Waals surface area contributed by atoms with Gasteiger partial charge in [0.05, 0.1) is 17.9 Å². The van der Waals surface area contributed by atoms with Crippen molar-refractivity contribution in [3.63, 3.8) is 0 Å². The second kappa shape index (κ2) is 9.23. The van der Waals surface area contributed by atoms with Gasteiger partial charge in [-0.3, -0.25) is 14.3 Å². The van der Waals surface area contributed by atoms with E-state index in [0.717, 1.165) is 49.6 Å². The molecule has 1 saturated heterocycles. The first-order chi connectivity index (χ1) is 14.9. The molecular formula is C22H21F3N4OS. The van der Waals surface area contributed by atoms with Crippen LogP contribution < -0.4 is 0 Å². The van der Waals surface area contributed by atoms with Crippen LogP contribution in [0.3, 0.4) is 0 Å².